The highest BCUT2D eigenvalue weighted by Gasteiger charge is 2.33. The molecule has 1 heterocycles. The van der Waals surface area contributed by atoms with Gasteiger partial charge in [0.15, 0.2) is 0 Å². The molecule has 0 aliphatic carbocycles. The number of rotatable bonds is 6. The molecule has 3 N–H and O–H groups in total. The summed E-state index contributed by atoms with van der Waals surface area (Å²) in [5.41, 5.74) is 0. The number of ether oxygens (including phenoxy) is 1. The van der Waals surface area contributed by atoms with E-state index in [0.29, 0.717) is 12.8 Å². The summed E-state index contributed by atoms with van der Waals surface area (Å²) in [4.78, 5) is 11.0. The lowest BCUT2D eigenvalue weighted by atomic mass is 9.97. The number of esters is 1. The van der Waals surface area contributed by atoms with Gasteiger partial charge in [0, 0.05) is 12.5 Å². The lowest BCUT2D eigenvalue weighted by Gasteiger charge is -2.29. The monoisotopic (exact) mass is 244 g/mol. The van der Waals surface area contributed by atoms with Gasteiger partial charge in [0.05, 0.1) is 6.10 Å². The van der Waals surface area contributed by atoms with Crippen LogP contribution in [0.25, 0.3) is 0 Å². The Bertz CT molecular complexity index is 276. The summed E-state index contributed by atoms with van der Waals surface area (Å²) >= 11 is 0. The number of cyclic esters (lactones) is 1. The third-order valence-corrected chi connectivity index (χ3v) is 2.87. The number of aliphatic hydroxyl groups is 3. The van der Waals surface area contributed by atoms with Crippen LogP contribution in [0, 0.1) is 0 Å². The zero-order valence-corrected chi connectivity index (χ0v) is 9.95. The van der Waals surface area contributed by atoms with E-state index in [2.05, 4.69) is 0 Å². The van der Waals surface area contributed by atoms with E-state index in [1.54, 1.807) is 6.08 Å². The van der Waals surface area contributed by atoms with Crippen LogP contribution in [0.5, 0.6) is 0 Å². The zero-order valence-electron chi connectivity index (χ0n) is 9.95. The average molecular weight is 244 g/mol. The largest absolute Gasteiger partial charge is 0.456 e. The van der Waals surface area contributed by atoms with Gasteiger partial charge < -0.3 is 20.1 Å². The van der Waals surface area contributed by atoms with Crippen LogP contribution >= 0.6 is 0 Å². The van der Waals surface area contributed by atoms with Crippen molar-refractivity contribution in [3.05, 3.63) is 12.2 Å². The van der Waals surface area contributed by atoms with Crippen molar-refractivity contribution in [1.82, 2.24) is 0 Å². The number of carbonyl (C=O) groups excluding carboxylic acids is 1. The Kier molecular flexibility index (Phi) is 5.61. The fourth-order valence-corrected chi connectivity index (χ4v) is 1.78. The summed E-state index contributed by atoms with van der Waals surface area (Å²) in [6, 6.07) is 0. The second-order valence-electron chi connectivity index (χ2n) is 4.30. The summed E-state index contributed by atoms with van der Waals surface area (Å²) in [7, 11) is 0. The molecule has 0 amide bonds. The predicted molar refractivity (Wildman–Crippen MR) is 61.2 cm³/mol. The maximum Gasteiger partial charge on any atom is 0.330 e. The number of carbonyl (C=O) groups is 1. The van der Waals surface area contributed by atoms with E-state index >= 15 is 0 Å². The predicted octanol–water partition coefficient (Wildman–Crippen LogP) is 0.131. The average Bonchev–Trinajstić information content (AvgIpc) is 2.34. The molecule has 0 saturated heterocycles. The van der Waals surface area contributed by atoms with Crippen molar-refractivity contribution in [3.63, 3.8) is 0 Å². The van der Waals surface area contributed by atoms with E-state index in [1.165, 1.54) is 6.08 Å². The van der Waals surface area contributed by atoms with Crippen LogP contribution in [0.4, 0.5) is 0 Å². The van der Waals surface area contributed by atoms with E-state index in [4.69, 9.17) is 4.74 Å². The minimum absolute atomic E-state index is 0.352. The van der Waals surface area contributed by atoms with Crippen molar-refractivity contribution in [3.8, 4) is 0 Å². The van der Waals surface area contributed by atoms with Gasteiger partial charge in [-0.05, 0) is 6.42 Å². The smallest absolute Gasteiger partial charge is 0.330 e. The fourth-order valence-electron chi connectivity index (χ4n) is 1.78. The Morgan fingerprint density at radius 1 is 1.47 bits per heavy atom. The molecule has 0 aromatic heterocycles. The van der Waals surface area contributed by atoms with Gasteiger partial charge in [-0.25, -0.2) is 4.79 Å². The molecule has 98 valence electrons. The zero-order chi connectivity index (χ0) is 12.8. The molecule has 0 fully saturated rings. The molecule has 0 saturated carbocycles. The van der Waals surface area contributed by atoms with E-state index in [0.717, 1.165) is 12.8 Å². The first-order valence-corrected chi connectivity index (χ1v) is 5.97. The molecule has 4 atom stereocenters. The third kappa shape index (κ3) is 4.11. The minimum Gasteiger partial charge on any atom is -0.456 e. The van der Waals surface area contributed by atoms with Crippen LogP contribution in [0.3, 0.4) is 0 Å². The maximum atomic E-state index is 11.0. The lowest BCUT2D eigenvalue weighted by molar-refractivity contribution is -0.161. The van der Waals surface area contributed by atoms with E-state index in [1.807, 2.05) is 6.92 Å². The lowest BCUT2D eigenvalue weighted by Crippen LogP contribution is -2.46. The van der Waals surface area contributed by atoms with E-state index in [-0.39, 0.29) is 0 Å². The Balaban J connectivity index is 2.47. The summed E-state index contributed by atoms with van der Waals surface area (Å²) in [6.45, 7) is 1.98. The second-order valence-corrected chi connectivity index (χ2v) is 4.30. The van der Waals surface area contributed by atoms with Crippen LogP contribution < -0.4 is 0 Å². The molecule has 0 aromatic carbocycles. The first-order chi connectivity index (χ1) is 8.06. The van der Waals surface area contributed by atoms with Crippen molar-refractivity contribution in [1.29, 1.82) is 0 Å². The van der Waals surface area contributed by atoms with E-state index < -0.39 is 30.4 Å². The van der Waals surface area contributed by atoms with Crippen molar-refractivity contribution in [2.45, 2.75) is 57.0 Å². The Morgan fingerprint density at radius 2 is 2.18 bits per heavy atom. The highest BCUT2D eigenvalue weighted by Crippen LogP contribution is 2.17. The third-order valence-electron chi connectivity index (χ3n) is 2.87. The van der Waals surface area contributed by atoms with Crippen LogP contribution in [-0.4, -0.2) is 45.7 Å². The minimum atomic E-state index is -1.29. The second kappa shape index (κ2) is 6.74. The number of unbranched alkanes of at least 4 members (excludes halogenated alkanes) is 1. The molecule has 5 heteroatoms. The normalized spacial score (nSPS) is 25.2. The number of aliphatic hydroxyl groups excluding tert-OH is 3. The van der Waals surface area contributed by atoms with Crippen LogP contribution in [0.2, 0.25) is 0 Å². The highest BCUT2D eigenvalue weighted by molar-refractivity contribution is 5.82. The van der Waals surface area contributed by atoms with Crippen LogP contribution in [0.1, 0.15) is 32.6 Å². The Labute approximate surface area is 101 Å². The van der Waals surface area contributed by atoms with Crippen LogP contribution in [-0.2, 0) is 9.53 Å². The molecule has 0 radical (unpaired) electrons. The van der Waals surface area contributed by atoms with Crippen molar-refractivity contribution in [2.24, 2.45) is 0 Å². The highest BCUT2D eigenvalue weighted by atomic mass is 16.6. The summed E-state index contributed by atoms with van der Waals surface area (Å²) < 4.78 is 4.88. The molecule has 0 aromatic rings. The molecule has 5 nitrogen and oxygen atoms in total. The summed E-state index contributed by atoms with van der Waals surface area (Å²) in [5.74, 6) is -0.532. The summed E-state index contributed by atoms with van der Waals surface area (Å²) in [6.07, 6.45) is 1.01. The first kappa shape index (κ1) is 14.2. The molecule has 1 aliphatic rings. The van der Waals surface area contributed by atoms with Gasteiger partial charge in [-0.2, -0.15) is 0 Å². The van der Waals surface area contributed by atoms with Crippen molar-refractivity contribution < 1.29 is 24.9 Å². The molecule has 1 rings (SSSR count). The number of hydrogen-bond acceptors (Lipinski definition) is 5. The molecule has 0 spiro atoms. The standard InChI is InChI=1S/C12H20O5/c1-2-3-5-8(13)11(15)12(16)9-6-4-7-10(14)17-9/h4,7-9,11-13,15-16H,2-3,5-6H2,1H3/t8-,9-,11-,12-/m1/s1. The quantitative estimate of drug-likeness (QED) is 0.578. The topological polar surface area (TPSA) is 87.0 Å². The van der Waals surface area contributed by atoms with Gasteiger partial charge in [-0.15, -0.1) is 0 Å². The maximum absolute atomic E-state index is 11.0. The first-order valence-electron chi connectivity index (χ1n) is 5.97. The molecule has 0 unspecified atom stereocenters. The van der Waals surface area contributed by atoms with Gasteiger partial charge >= 0.3 is 5.97 Å². The van der Waals surface area contributed by atoms with E-state index in [9.17, 15) is 20.1 Å². The van der Waals surface area contributed by atoms with Crippen LogP contribution in [0.15, 0.2) is 12.2 Å². The molecule has 1 aliphatic heterocycles. The van der Waals surface area contributed by atoms with Gasteiger partial charge in [0.2, 0.25) is 0 Å². The van der Waals surface area contributed by atoms with Gasteiger partial charge in [-0.1, -0.05) is 25.8 Å². The number of hydrogen-bond donors (Lipinski definition) is 3. The molecular weight excluding hydrogens is 224 g/mol. The van der Waals surface area contributed by atoms with Gasteiger partial charge in [0.1, 0.15) is 18.3 Å². The Morgan fingerprint density at radius 3 is 2.76 bits per heavy atom. The van der Waals surface area contributed by atoms with Gasteiger partial charge in [0.25, 0.3) is 0 Å². The molecule has 0 bridgehead atoms. The van der Waals surface area contributed by atoms with Crippen molar-refractivity contribution in [2.75, 3.05) is 0 Å². The van der Waals surface area contributed by atoms with Crippen molar-refractivity contribution >= 4 is 5.97 Å². The molecule has 17 heavy (non-hydrogen) atoms. The molecular formula is C12H20O5. The summed E-state index contributed by atoms with van der Waals surface area (Å²) in [5, 5.41) is 29.2. The van der Waals surface area contributed by atoms with Gasteiger partial charge in [-0.3, -0.25) is 0 Å². The fraction of sp³-hybridized carbons (Fsp3) is 0.750. The SMILES string of the molecule is CCCC[C@@H](O)[C@@H](O)[C@H](O)[C@H]1CC=CC(=O)O1. The Hall–Kier alpha value is -0.910.